The van der Waals surface area contributed by atoms with Gasteiger partial charge in [-0.3, -0.25) is 0 Å². The third kappa shape index (κ3) is 2.44. The molecule has 0 bridgehead atoms. The highest BCUT2D eigenvalue weighted by atomic mass is 35.5. The van der Waals surface area contributed by atoms with Crippen molar-refractivity contribution in [1.82, 2.24) is 4.98 Å². The third-order valence-electron chi connectivity index (χ3n) is 2.25. The van der Waals surface area contributed by atoms with Crippen LogP contribution in [-0.4, -0.2) is 16.1 Å². The number of halogens is 3. The molecule has 0 aliphatic carbocycles. The van der Waals surface area contributed by atoms with E-state index in [-0.39, 0.29) is 16.4 Å². The monoisotopic (exact) mass is 285 g/mol. The number of hydrogen-bond acceptors (Lipinski definition) is 2. The van der Waals surface area contributed by atoms with Crippen LogP contribution in [0.1, 0.15) is 10.5 Å². The van der Waals surface area contributed by atoms with Crippen LogP contribution in [0, 0.1) is 5.82 Å². The first-order valence-electron chi connectivity index (χ1n) is 4.84. The predicted octanol–water partition coefficient (Wildman–Crippen LogP) is 3.89. The van der Waals surface area contributed by atoms with Crippen LogP contribution in [-0.2, 0) is 0 Å². The molecule has 0 unspecified atom stereocenters. The second kappa shape index (κ2) is 4.92. The zero-order chi connectivity index (χ0) is 13.3. The zero-order valence-electron chi connectivity index (χ0n) is 8.82. The van der Waals surface area contributed by atoms with Crippen LogP contribution in [0.3, 0.4) is 0 Å². The van der Waals surface area contributed by atoms with Gasteiger partial charge in [0.15, 0.2) is 0 Å². The van der Waals surface area contributed by atoms with E-state index in [0.29, 0.717) is 10.6 Å². The van der Waals surface area contributed by atoms with Gasteiger partial charge in [0.1, 0.15) is 17.2 Å². The number of benzene rings is 1. The third-order valence-corrected chi connectivity index (χ3v) is 2.80. The van der Waals surface area contributed by atoms with Crippen molar-refractivity contribution in [2.24, 2.45) is 0 Å². The Balaban J connectivity index is 2.62. The second-order valence-corrected chi connectivity index (χ2v) is 4.30. The van der Waals surface area contributed by atoms with E-state index in [1.54, 1.807) is 0 Å². The molecule has 1 aromatic heterocycles. The van der Waals surface area contributed by atoms with E-state index in [0.717, 1.165) is 12.1 Å². The maximum absolute atomic E-state index is 13.7. The largest absolute Gasteiger partial charge is 0.477 e. The van der Waals surface area contributed by atoms with Crippen LogP contribution in [0.4, 0.5) is 4.39 Å². The Morgan fingerprint density at radius 1 is 1.22 bits per heavy atom. The molecule has 0 spiro atoms. The summed E-state index contributed by atoms with van der Waals surface area (Å²) in [6.45, 7) is 0. The predicted molar refractivity (Wildman–Crippen MR) is 66.6 cm³/mol. The minimum Gasteiger partial charge on any atom is -0.477 e. The molecule has 6 heteroatoms. The smallest absolute Gasteiger partial charge is 0.354 e. The van der Waals surface area contributed by atoms with Crippen LogP contribution in [0.25, 0.3) is 11.3 Å². The Morgan fingerprint density at radius 3 is 2.56 bits per heavy atom. The van der Waals surface area contributed by atoms with Crippen molar-refractivity contribution in [2.45, 2.75) is 0 Å². The summed E-state index contributed by atoms with van der Waals surface area (Å²) in [5.41, 5.74) is -0.0735. The van der Waals surface area contributed by atoms with Crippen molar-refractivity contribution < 1.29 is 14.3 Å². The Hall–Kier alpha value is -1.65. The Morgan fingerprint density at radius 2 is 1.94 bits per heavy atom. The summed E-state index contributed by atoms with van der Waals surface area (Å²) in [5.74, 6) is -1.88. The van der Waals surface area contributed by atoms with E-state index >= 15 is 0 Å². The van der Waals surface area contributed by atoms with Gasteiger partial charge in [-0.2, -0.15) is 0 Å². The maximum atomic E-state index is 13.7. The lowest BCUT2D eigenvalue weighted by molar-refractivity contribution is 0.0690. The first-order chi connectivity index (χ1) is 8.49. The molecule has 18 heavy (non-hydrogen) atoms. The topological polar surface area (TPSA) is 50.2 Å². The van der Waals surface area contributed by atoms with Gasteiger partial charge < -0.3 is 5.11 Å². The summed E-state index contributed by atoms with van der Waals surface area (Å²) in [5, 5.41) is 9.43. The molecule has 2 rings (SSSR count). The van der Waals surface area contributed by atoms with Crippen molar-refractivity contribution >= 4 is 29.2 Å². The van der Waals surface area contributed by atoms with Gasteiger partial charge in [-0.05, 0) is 30.3 Å². The number of rotatable bonds is 2. The highest BCUT2D eigenvalue weighted by molar-refractivity contribution is 6.36. The highest BCUT2D eigenvalue weighted by Crippen LogP contribution is 2.30. The summed E-state index contributed by atoms with van der Waals surface area (Å²) < 4.78 is 13.7. The van der Waals surface area contributed by atoms with Crippen molar-refractivity contribution in [3.05, 3.63) is 51.9 Å². The molecule has 1 heterocycles. The minimum absolute atomic E-state index is 0.114. The van der Waals surface area contributed by atoms with E-state index in [2.05, 4.69) is 4.98 Å². The molecule has 1 aromatic carbocycles. The molecule has 1 N–H and O–H groups in total. The number of hydrogen-bond donors (Lipinski definition) is 1. The van der Waals surface area contributed by atoms with Gasteiger partial charge in [0.05, 0.1) is 5.02 Å². The zero-order valence-corrected chi connectivity index (χ0v) is 10.3. The molecule has 0 saturated heterocycles. The van der Waals surface area contributed by atoms with Crippen molar-refractivity contribution in [3.8, 4) is 11.3 Å². The van der Waals surface area contributed by atoms with E-state index < -0.39 is 11.8 Å². The molecule has 0 radical (unpaired) electrons. The van der Waals surface area contributed by atoms with Crippen LogP contribution < -0.4 is 0 Å². The quantitative estimate of drug-likeness (QED) is 0.911. The number of carbonyl (C=O) groups is 1. The Kier molecular flexibility index (Phi) is 3.50. The van der Waals surface area contributed by atoms with Gasteiger partial charge in [0, 0.05) is 10.6 Å². The fraction of sp³-hybridized carbons (Fsp3) is 0. The van der Waals surface area contributed by atoms with Crippen molar-refractivity contribution in [3.63, 3.8) is 0 Å². The van der Waals surface area contributed by atoms with Crippen molar-refractivity contribution in [2.75, 3.05) is 0 Å². The first kappa shape index (κ1) is 12.8. The Bertz CT molecular complexity index is 631. The lowest BCUT2D eigenvalue weighted by Crippen LogP contribution is -2.02. The summed E-state index contributed by atoms with van der Waals surface area (Å²) >= 11 is 11.7. The molecule has 0 atom stereocenters. The van der Waals surface area contributed by atoms with Gasteiger partial charge in [-0.15, -0.1) is 0 Å². The van der Waals surface area contributed by atoms with Crippen LogP contribution in [0.2, 0.25) is 10.0 Å². The summed E-state index contributed by atoms with van der Waals surface area (Å²) in [6.07, 6.45) is 0. The van der Waals surface area contributed by atoms with E-state index in [1.807, 2.05) is 0 Å². The van der Waals surface area contributed by atoms with Gasteiger partial charge in [0.25, 0.3) is 0 Å². The Labute approximate surface area is 112 Å². The second-order valence-electron chi connectivity index (χ2n) is 3.46. The normalized spacial score (nSPS) is 10.4. The molecule has 0 aliphatic heterocycles. The molecule has 0 saturated carbocycles. The number of aromatic carboxylic acids is 1. The number of aromatic nitrogens is 1. The summed E-state index contributed by atoms with van der Waals surface area (Å²) in [6, 6.07) is 6.58. The van der Waals surface area contributed by atoms with Gasteiger partial charge in [-0.1, -0.05) is 23.2 Å². The fourth-order valence-corrected chi connectivity index (χ4v) is 1.93. The van der Waals surface area contributed by atoms with Gasteiger partial charge in [-0.25, -0.2) is 14.2 Å². The van der Waals surface area contributed by atoms with Crippen molar-refractivity contribution in [1.29, 1.82) is 0 Å². The average molecular weight is 286 g/mol. The molecule has 0 amide bonds. The summed E-state index contributed by atoms with van der Waals surface area (Å²) in [4.78, 5) is 14.5. The molecular weight excluding hydrogens is 280 g/mol. The van der Waals surface area contributed by atoms with Crippen LogP contribution in [0.5, 0.6) is 0 Å². The standard InChI is InChI=1S/C12H6Cl2FNO2/c13-6-1-2-7(8(14)5-6)11-9(15)3-4-10(16-11)12(17)18/h1-5H,(H,17,18). The summed E-state index contributed by atoms with van der Waals surface area (Å²) in [7, 11) is 0. The minimum atomic E-state index is -1.23. The van der Waals surface area contributed by atoms with E-state index in [1.165, 1.54) is 18.2 Å². The van der Waals surface area contributed by atoms with Crippen LogP contribution >= 0.6 is 23.2 Å². The number of nitrogens with zero attached hydrogens (tertiary/aromatic N) is 1. The van der Waals surface area contributed by atoms with E-state index in [4.69, 9.17) is 28.3 Å². The SMILES string of the molecule is O=C(O)c1ccc(F)c(-c2ccc(Cl)cc2Cl)n1. The number of carboxylic acids is 1. The van der Waals surface area contributed by atoms with Gasteiger partial charge >= 0.3 is 5.97 Å². The maximum Gasteiger partial charge on any atom is 0.354 e. The van der Waals surface area contributed by atoms with Crippen LogP contribution in [0.15, 0.2) is 30.3 Å². The van der Waals surface area contributed by atoms with E-state index in [9.17, 15) is 9.18 Å². The molecule has 92 valence electrons. The lowest BCUT2D eigenvalue weighted by Gasteiger charge is -2.06. The average Bonchev–Trinajstić information content (AvgIpc) is 2.30. The fourth-order valence-electron chi connectivity index (χ4n) is 1.43. The number of carboxylic acid groups (broad SMARTS) is 1. The first-order valence-corrected chi connectivity index (χ1v) is 5.60. The molecule has 0 fully saturated rings. The molecular formula is C12H6Cl2FNO2. The highest BCUT2D eigenvalue weighted by Gasteiger charge is 2.14. The molecule has 3 nitrogen and oxygen atoms in total. The van der Waals surface area contributed by atoms with Gasteiger partial charge in [0.2, 0.25) is 0 Å². The lowest BCUT2D eigenvalue weighted by atomic mass is 10.1. The number of pyridine rings is 1. The molecule has 2 aromatic rings. The molecule has 0 aliphatic rings.